The minimum absolute atomic E-state index is 0.0207. The van der Waals surface area contributed by atoms with Gasteiger partial charge >= 0.3 is 0 Å². The SMILES string of the molecule is Cn1c(CCC(=O)N2CCOC(C(=O)NCCc3nc4ccc(F)cc4[nH]3)C2)nc2ccccc21. The van der Waals surface area contributed by atoms with Gasteiger partial charge in [-0.2, -0.15) is 0 Å². The number of aromatic amines is 1. The molecule has 35 heavy (non-hydrogen) atoms. The lowest BCUT2D eigenvalue weighted by atomic mass is 10.2. The van der Waals surface area contributed by atoms with Crippen LogP contribution in [0.15, 0.2) is 42.5 Å². The molecule has 0 aliphatic carbocycles. The summed E-state index contributed by atoms with van der Waals surface area (Å²) in [5.41, 5.74) is 3.24. The number of fused-ring (bicyclic) bond motifs is 2. The quantitative estimate of drug-likeness (QED) is 0.423. The maximum absolute atomic E-state index is 13.3. The molecule has 3 heterocycles. The summed E-state index contributed by atoms with van der Waals surface area (Å²) in [5, 5.41) is 2.85. The highest BCUT2D eigenvalue weighted by Gasteiger charge is 2.29. The number of halogens is 1. The summed E-state index contributed by atoms with van der Waals surface area (Å²) >= 11 is 0. The Morgan fingerprint density at radius 2 is 2.03 bits per heavy atom. The minimum atomic E-state index is -0.715. The molecule has 2 aromatic heterocycles. The average Bonchev–Trinajstić information content (AvgIpc) is 3.42. The topological polar surface area (TPSA) is 105 Å². The number of H-pyrrole nitrogens is 1. The molecule has 4 aromatic rings. The number of carbonyl (C=O) groups is 2. The second kappa shape index (κ2) is 9.83. The molecule has 5 rings (SSSR count). The van der Waals surface area contributed by atoms with Crippen molar-refractivity contribution >= 4 is 33.9 Å². The van der Waals surface area contributed by atoms with Gasteiger partial charge in [0, 0.05) is 39.4 Å². The summed E-state index contributed by atoms with van der Waals surface area (Å²) in [6.07, 6.45) is 0.598. The van der Waals surface area contributed by atoms with Gasteiger partial charge in [0.2, 0.25) is 5.91 Å². The van der Waals surface area contributed by atoms with E-state index in [1.54, 1.807) is 11.0 Å². The van der Waals surface area contributed by atoms with Gasteiger partial charge in [-0.3, -0.25) is 9.59 Å². The summed E-state index contributed by atoms with van der Waals surface area (Å²) in [7, 11) is 1.95. The van der Waals surface area contributed by atoms with Crippen LogP contribution in [0, 0.1) is 5.82 Å². The van der Waals surface area contributed by atoms with Crippen molar-refractivity contribution in [2.45, 2.75) is 25.4 Å². The molecule has 0 radical (unpaired) electrons. The first kappa shape index (κ1) is 23.0. The van der Waals surface area contributed by atoms with E-state index in [2.05, 4.69) is 20.3 Å². The molecule has 1 saturated heterocycles. The number of benzene rings is 2. The maximum Gasteiger partial charge on any atom is 0.251 e. The van der Waals surface area contributed by atoms with Gasteiger partial charge in [-0.05, 0) is 30.3 Å². The van der Waals surface area contributed by atoms with Crippen molar-refractivity contribution < 1.29 is 18.7 Å². The monoisotopic (exact) mass is 478 g/mol. The molecule has 2 N–H and O–H groups in total. The highest BCUT2D eigenvalue weighted by atomic mass is 19.1. The van der Waals surface area contributed by atoms with Crippen molar-refractivity contribution in [2.75, 3.05) is 26.2 Å². The van der Waals surface area contributed by atoms with Crippen molar-refractivity contribution in [1.29, 1.82) is 0 Å². The summed E-state index contributed by atoms with van der Waals surface area (Å²) in [5.74, 6) is 0.903. The molecule has 0 spiro atoms. The van der Waals surface area contributed by atoms with E-state index in [9.17, 15) is 14.0 Å². The van der Waals surface area contributed by atoms with Crippen LogP contribution in [0.1, 0.15) is 18.1 Å². The number of hydrogen-bond donors (Lipinski definition) is 2. The second-order valence-corrected chi connectivity index (χ2v) is 8.66. The van der Waals surface area contributed by atoms with E-state index in [1.807, 2.05) is 35.9 Å². The fourth-order valence-electron chi connectivity index (χ4n) is 4.40. The Kier molecular flexibility index (Phi) is 6.45. The molecule has 1 aliphatic heterocycles. The third kappa shape index (κ3) is 5.02. The van der Waals surface area contributed by atoms with Crippen LogP contribution < -0.4 is 5.32 Å². The zero-order valence-corrected chi connectivity index (χ0v) is 19.5. The van der Waals surface area contributed by atoms with E-state index in [-0.39, 0.29) is 24.2 Å². The molecule has 2 aromatic carbocycles. The third-order valence-electron chi connectivity index (χ3n) is 6.31. The summed E-state index contributed by atoms with van der Waals surface area (Å²) in [4.78, 5) is 39.2. The molecule has 1 unspecified atom stereocenters. The lowest BCUT2D eigenvalue weighted by Crippen LogP contribution is -2.51. The highest BCUT2D eigenvalue weighted by Crippen LogP contribution is 2.16. The number of ether oxygens (including phenoxy) is 1. The van der Waals surface area contributed by atoms with E-state index in [0.717, 1.165) is 16.9 Å². The molecule has 1 fully saturated rings. The van der Waals surface area contributed by atoms with Crippen LogP contribution in [0.5, 0.6) is 0 Å². The van der Waals surface area contributed by atoms with Gasteiger partial charge in [0.15, 0.2) is 6.10 Å². The Morgan fingerprint density at radius 3 is 2.89 bits per heavy atom. The van der Waals surface area contributed by atoms with Crippen molar-refractivity contribution in [1.82, 2.24) is 29.7 Å². The summed E-state index contributed by atoms with van der Waals surface area (Å²) in [6, 6.07) is 12.2. The maximum atomic E-state index is 13.3. The minimum Gasteiger partial charge on any atom is -0.365 e. The average molecular weight is 479 g/mol. The van der Waals surface area contributed by atoms with E-state index >= 15 is 0 Å². The molecule has 0 saturated carbocycles. The second-order valence-electron chi connectivity index (χ2n) is 8.66. The van der Waals surface area contributed by atoms with Gasteiger partial charge in [-0.15, -0.1) is 0 Å². The number of morpholine rings is 1. The number of nitrogens with one attached hydrogen (secondary N) is 2. The first-order valence-electron chi connectivity index (χ1n) is 11.7. The smallest absolute Gasteiger partial charge is 0.251 e. The summed E-state index contributed by atoms with van der Waals surface area (Å²) in [6.45, 7) is 1.34. The van der Waals surface area contributed by atoms with E-state index in [1.165, 1.54) is 12.1 Å². The molecule has 1 atom stereocenters. The number of rotatable bonds is 7. The first-order chi connectivity index (χ1) is 17.0. The van der Waals surface area contributed by atoms with Crippen LogP contribution in [0.25, 0.3) is 22.1 Å². The number of imidazole rings is 2. The predicted octanol–water partition coefficient (Wildman–Crippen LogP) is 2.11. The highest BCUT2D eigenvalue weighted by molar-refractivity contribution is 5.83. The lowest BCUT2D eigenvalue weighted by molar-refractivity contribution is -0.147. The van der Waals surface area contributed by atoms with Gasteiger partial charge in [0.1, 0.15) is 17.5 Å². The standard InChI is InChI=1S/C25H27FN6O3/c1-31-20-5-3-2-4-18(20)30-23(31)8-9-24(33)32-12-13-35-21(15-32)25(34)27-11-10-22-28-17-7-6-16(26)14-19(17)29-22/h2-7,14,21H,8-13,15H2,1H3,(H,27,34)(H,28,29). The number of aryl methyl sites for hydroxylation is 2. The van der Waals surface area contributed by atoms with E-state index < -0.39 is 6.10 Å². The zero-order chi connectivity index (χ0) is 24.4. The molecule has 10 heteroatoms. The Labute approximate surface area is 201 Å². The third-order valence-corrected chi connectivity index (χ3v) is 6.31. The largest absolute Gasteiger partial charge is 0.365 e. The molecule has 2 amide bonds. The van der Waals surface area contributed by atoms with Crippen LogP contribution in [-0.4, -0.2) is 68.6 Å². The first-order valence-corrected chi connectivity index (χ1v) is 11.7. The van der Waals surface area contributed by atoms with Crippen molar-refractivity contribution in [3.63, 3.8) is 0 Å². The summed E-state index contributed by atoms with van der Waals surface area (Å²) < 4.78 is 21.0. The van der Waals surface area contributed by atoms with Gasteiger partial charge in [-0.25, -0.2) is 14.4 Å². The normalized spacial score (nSPS) is 16.2. The van der Waals surface area contributed by atoms with Crippen LogP contribution in [0.3, 0.4) is 0 Å². The fourth-order valence-corrected chi connectivity index (χ4v) is 4.40. The van der Waals surface area contributed by atoms with Gasteiger partial charge in [0.25, 0.3) is 5.91 Å². The number of nitrogens with zero attached hydrogens (tertiary/aromatic N) is 4. The van der Waals surface area contributed by atoms with E-state index in [0.29, 0.717) is 55.8 Å². The Bertz CT molecular complexity index is 1380. The van der Waals surface area contributed by atoms with Crippen LogP contribution in [-0.2, 0) is 34.2 Å². The molecular formula is C25H27FN6O3. The van der Waals surface area contributed by atoms with Crippen LogP contribution in [0.4, 0.5) is 4.39 Å². The van der Waals surface area contributed by atoms with Crippen molar-refractivity contribution in [2.24, 2.45) is 7.05 Å². The molecular weight excluding hydrogens is 451 g/mol. The molecule has 1 aliphatic rings. The van der Waals surface area contributed by atoms with Crippen molar-refractivity contribution in [3.8, 4) is 0 Å². The van der Waals surface area contributed by atoms with Gasteiger partial charge in [-0.1, -0.05) is 12.1 Å². The van der Waals surface area contributed by atoms with Crippen molar-refractivity contribution in [3.05, 3.63) is 59.9 Å². The molecule has 9 nitrogen and oxygen atoms in total. The number of hydrogen-bond acceptors (Lipinski definition) is 5. The van der Waals surface area contributed by atoms with Gasteiger partial charge < -0.3 is 24.5 Å². The predicted molar refractivity (Wildman–Crippen MR) is 128 cm³/mol. The van der Waals surface area contributed by atoms with E-state index in [4.69, 9.17) is 4.74 Å². The number of aromatic nitrogens is 4. The van der Waals surface area contributed by atoms with Crippen LogP contribution in [0.2, 0.25) is 0 Å². The molecule has 0 bridgehead atoms. The lowest BCUT2D eigenvalue weighted by Gasteiger charge is -2.32. The molecule has 182 valence electrons. The number of para-hydroxylation sites is 2. The Hall–Kier alpha value is -3.79. The van der Waals surface area contributed by atoms with Gasteiger partial charge in [0.05, 0.1) is 35.2 Å². The Morgan fingerprint density at radius 1 is 1.17 bits per heavy atom. The number of amides is 2. The van der Waals surface area contributed by atoms with Crippen LogP contribution >= 0.6 is 0 Å². The Balaban J connectivity index is 1.11. The number of carbonyl (C=O) groups excluding carboxylic acids is 2. The zero-order valence-electron chi connectivity index (χ0n) is 19.5. The fraction of sp³-hybridized carbons (Fsp3) is 0.360.